The first kappa shape index (κ1) is 16.3. The molecule has 0 aromatic rings. The van der Waals surface area contributed by atoms with Crippen molar-refractivity contribution in [3.8, 4) is 0 Å². The molecule has 0 amide bonds. The maximum atomic E-state index is 11.7. The van der Waals surface area contributed by atoms with Crippen molar-refractivity contribution in [2.24, 2.45) is 28.6 Å². The van der Waals surface area contributed by atoms with Gasteiger partial charge in [-0.2, -0.15) is 0 Å². The Bertz CT molecular complexity index is 602. The summed E-state index contributed by atoms with van der Waals surface area (Å²) < 4.78 is 11.4. The fourth-order valence-electron chi connectivity index (χ4n) is 5.41. The number of fused-ring (bicyclic) bond motifs is 1. The largest absolute Gasteiger partial charge is 0.462 e. The summed E-state index contributed by atoms with van der Waals surface area (Å²) in [5.74, 6) is 0.368. The van der Waals surface area contributed by atoms with Gasteiger partial charge in [-0.15, -0.1) is 0 Å². The molecule has 4 aliphatic carbocycles. The number of carbonyl (C=O) groups excluding carboxylic acids is 2. The van der Waals surface area contributed by atoms with E-state index in [-0.39, 0.29) is 40.9 Å². The van der Waals surface area contributed by atoms with Crippen LogP contribution in [0.5, 0.6) is 0 Å². The molecule has 4 heteroatoms. The number of allylic oxidation sites excluding steroid dienone is 3. The average molecular weight is 318 g/mol. The predicted molar refractivity (Wildman–Crippen MR) is 86.4 cm³/mol. The van der Waals surface area contributed by atoms with Crippen molar-refractivity contribution >= 4 is 11.9 Å². The summed E-state index contributed by atoms with van der Waals surface area (Å²) in [5, 5.41) is 0. The highest BCUT2D eigenvalue weighted by atomic mass is 16.6. The molecule has 0 aliphatic heterocycles. The molecule has 0 unspecified atom stereocenters. The number of hydrogen-bond acceptors (Lipinski definition) is 4. The van der Waals surface area contributed by atoms with Gasteiger partial charge in [0.2, 0.25) is 0 Å². The summed E-state index contributed by atoms with van der Waals surface area (Å²) in [6.45, 7) is 13.6. The molecule has 6 atom stereocenters. The summed E-state index contributed by atoms with van der Waals surface area (Å²) in [5.41, 5.74) is 0.742. The van der Waals surface area contributed by atoms with E-state index in [4.69, 9.17) is 9.47 Å². The minimum Gasteiger partial charge on any atom is -0.462 e. The van der Waals surface area contributed by atoms with E-state index in [9.17, 15) is 9.59 Å². The molecular formula is C19H26O4. The summed E-state index contributed by atoms with van der Waals surface area (Å²) in [4.78, 5) is 23.2. The van der Waals surface area contributed by atoms with Gasteiger partial charge in [0.1, 0.15) is 12.2 Å². The van der Waals surface area contributed by atoms with Crippen LogP contribution < -0.4 is 0 Å². The van der Waals surface area contributed by atoms with Gasteiger partial charge in [0.05, 0.1) is 0 Å². The standard InChI is InChI=1S/C19H26O4/c1-10-7-8-13-17-16(10)19(13,6)15(23-12(3)21)9-14(18(17,4)5)22-11(2)20/h7-8,13-17H,1,9H2,2-6H3/t13-,14-,15-,16+,17-,19-/m1/s1. The zero-order chi connectivity index (χ0) is 17.2. The molecule has 2 fully saturated rings. The van der Waals surface area contributed by atoms with Crippen molar-refractivity contribution in [3.05, 3.63) is 24.3 Å². The second kappa shape index (κ2) is 4.96. The molecule has 0 saturated heterocycles. The van der Waals surface area contributed by atoms with Gasteiger partial charge in [0.15, 0.2) is 0 Å². The SMILES string of the molecule is C=C1C=C[C@@H]2[C@@H]3[C@H]1[C@@]2(C)[C@H](OC(C)=O)C[C@@H](OC(C)=O)C3(C)C. The molecule has 4 aliphatic rings. The van der Waals surface area contributed by atoms with E-state index in [1.54, 1.807) is 0 Å². The van der Waals surface area contributed by atoms with Crippen molar-refractivity contribution in [2.45, 2.75) is 53.2 Å². The van der Waals surface area contributed by atoms with Crippen LogP contribution in [0.3, 0.4) is 0 Å². The first-order valence-electron chi connectivity index (χ1n) is 8.31. The van der Waals surface area contributed by atoms with E-state index in [0.717, 1.165) is 5.57 Å². The first-order chi connectivity index (χ1) is 10.6. The minimum atomic E-state index is -0.284. The molecular weight excluding hydrogens is 292 g/mol. The van der Waals surface area contributed by atoms with Crippen LogP contribution in [0, 0.1) is 28.6 Å². The van der Waals surface area contributed by atoms with E-state index in [1.165, 1.54) is 13.8 Å². The predicted octanol–water partition coefficient (Wildman–Crippen LogP) is 3.27. The quantitative estimate of drug-likeness (QED) is 0.733. The van der Waals surface area contributed by atoms with E-state index in [0.29, 0.717) is 18.3 Å². The van der Waals surface area contributed by atoms with E-state index < -0.39 is 0 Å². The fourth-order valence-corrected chi connectivity index (χ4v) is 5.41. The second-order valence-corrected chi connectivity index (χ2v) is 8.08. The Hall–Kier alpha value is -1.58. The lowest BCUT2D eigenvalue weighted by molar-refractivity contribution is -0.188. The van der Waals surface area contributed by atoms with Gasteiger partial charge >= 0.3 is 11.9 Å². The van der Waals surface area contributed by atoms with Gasteiger partial charge in [0.25, 0.3) is 0 Å². The van der Waals surface area contributed by atoms with Gasteiger partial charge < -0.3 is 9.47 Å². The van der Waals surface area contributed by atoms with Crippen LogP contribution in [-0.4, -0.2) is 24.1 Å². The third kappa shape index (κ3) is 2.10. The van der Waals surface area contributed by atoms with Crippen LogP contribution in [0.2, 0.25) is 0 Å². The van der Waals surface area contributed by atoms with Crippen LogP contribution in [0.1, 0.15) is 41.0 Å². The smallest absolute Gasteiger partial charge is 0.302 e. The zero-order valence-corrected chi connectivity index (χ0v) is 14.6. The van der Waals surface area contributed by atoms with E-state index in [1.807, 2.05) is 0 Å². The number of ether oxygens (including phenoxy) is 2. The fraction of sp³-hybridized carbons (Fsp3) is 0.684. The van der Waals surface area contributed by atoms with Gasteiger partial charge in [-0.1, -0.05) is 45.1 Å². The minimum absolute atomic E-state index is 0.158. The lowest BCUT2D eigenvalue weighted by Crippen LogP contribution is -2.64. The molecule has 0 aromatic heterocycles. The lowest BCUT2D eigenvalue weighted by Gasteiger charge is -2.65. The molecule has 0 radical (unpaired) electrons. The van der Waals surface area contributed by atoms with Crippen LogP contribution in [-0.2, 0) is 19.1 Å². The highest BCUT2D eigenvalue weighted by molar-refractivity contribution is 5.67. The Morgan fingerprint density at radius 3 is 2.22 bits per heavy atom. The monoisotopic (exact) mass is 318 g/mol. The lowest BCUT2D eigenvalue weighted by atomic mass is 9.38. The molecule has 0 spiro atoms. The molecule has 126 valence electrons. The van der Waals surface area contributed by atoms with Crippen LogP contribution in [0.25, 0.3) is 0 Å². The summed E-state index contributed by atoms with van der Waals surface area (Å²) >= 11 is 0. The number of esters is 2. The first-order valence-corrected chi connectivity index (χ1v) is 8.31. The number of hydrogen-bond donors (Lipinski definition) is 0. The number of carbonyl (C=O) groups is 2. The highest BCUT2D eigenvalue weighted by Crippen LogP contribution is 2.72. The molecule has 4 rings (SSSR count). The molecule has 2 saturated carbocycles. The van der Waals surface area contributed by atoms with Crippen LogP contribution >= 0.6 is 0 Å². The maximum absolute atomic E-state index is 11.7. The maximum Gasteiger partial charge on any atom is 0.302 e. The Morgan fingerprint density at radius 1 is 1.13 bits per heavy atom. The van der Waals surface area contributed by atoms with Gasteiger partial charge in [-0.05, 0) is 17.8 Å². The topological polar surface area (TPSA) is 52.6 Å². The normalized spacial score (nSPS) is 43.2. The summed E-state index contributed by atoms with van der Waals surface area (Å²) in [6, 6.07) is 0. The summed E-state index contributed by atoms with van der Waals surface area (Å²) in [6.07, 6.45) is 4.33. The van der Waals surface area contributed by atoms with Gasteiger partial charge in [-0.3, -0.25) is 9.59 Å². The Morgan fingerprint density at radius 2 is 1.70 bits per heavy atom. The molecule has 0 N–H and O–H groups in total. The van der Waals surface area contributed by atoms with Gasteiger partial charge in [-0.25, -0.2) is 0 Å². The Labute approximate surface area is 137 Å². The number of rotatable bonds is 2. The molecule has 4 nitrogen and oxygen atoms in total. The van der Waals surface area contributed by atoms with Crippen LogP contribution in [0.15, 0.2) is 24.3 Å². The van der Waals surface area contributed by atoms with E-state index in [2.05, 4.69) is 39.5 Å². The van der Waals surface area contributed by atoms with Crippen molar-refractivity contribution in [2.75, 3.05) is 0 Å². The van der Waals surface area contributed by atoms with Gasteiger partial charge in [0, 0.05) is 31.1 Å². The van der Waals surface area contributed by atoms with Crippen molar-refractivity contribution in [1.82, 2.24) is 0 Å². The van der Waals surface area contributed by atoms with Crippen molar-refractivity contribution in [3.63, 3.8) is 0 Å². The molecule has 4 bridgehead atoms. The molecule has 0 aromatic carbocycles. The second-order valence-electron chi connectivity index (χ2n) is 8.08. The Balaban J connectivity index is 2.07. The average Bonchev–Trinajstić information content (AvgIpc) is 2.51. The van der Waals surface area contributed by atoms with Crippen molar-refractivity contribution in [1.29, 1.82) is 0 Å². The zero-order valence-electron chi connectivity index (χ0n) is 14.6. The highest BCUT2D eigenvalue weighted by Gasteiger charge is 2.71. The molecule has 0 heterocycles. The molecule has 23 heavy (non-hydrogen) atoms. The van der Waals surface area contributed by atoms with Crippen molar-refractivity contribution < 1.29 is 19.1 Å². The summed E-state index contributed by atoms with van der Waals surface area (Å²) in [7, 11) is 0. The van der Waals surface area contributed by atoms with Crippen LogP contribution in [0.4, 0.5) is 0 Å². The van der Waals surface area contributed by atoms with E-state index >= 15 is 0 Å². The third-order valence-corrected chi connectivity index (χ3v) is 6.48. The third-order valence-electron chi connectivity index (χ3n) is 6.48. The Kier molecular flexibility index (Phi) is 3.51.